The number of rotatable bonds is 40. The molecular weight excluding hydrogens is 715 g/mol. The second-order valence-corrected chi connectivity index (χ2v) is 16.3. The molecule has 0 fully saturated rings. The van der Waals surface area contributed by atoms with Crippen LogP contribution in [0.15, 0.2) is 60.8 Å². The highest BCUT2D eigenvalue weighted by molar-refractivity contribution is 5.70. The van der Waals surface area contributed by atoms with Crippen LogP contribution >= 0.6 is 0 Å². The quantitative estimate of drug-likeness (QED) is 0.0263. The number of carbonyl (C=O) groups is 3. The fourth-order valence-electron chi connectivity index (χ4n) is 6.35. The summed E-state index contributed by atoms with van der Waals surface area (Å²) in [6.07, 6.45) is 48.2. The molecule has 8 heteroatoms. The van der Waals surface area contributed by atoms with E-state index in [1.54, 1.807) is 21.1 Å². The van der Waals surface area contributed by atoms with E-state index in [1.165, 1.54) is 83.5 Å². The Hall–Kier alpha value is -2.97. The topological polar surface area (TPSA) is 102 Å². The van der Waals surface area contributed by atoms with Crippen LogP contribution in [-0.4, -0.2) is 75.5 Å². The number of likely N-dealkylation sites (N-methyl/N-ethyl adjacent to an activating group) is 1. The van der Waals surface area contributed by atoms with Crippen molar-refractivity contribution in [3.8, 4) is 0 Å². The monoisotopic (exact) mass is 800 g/mol. The molecule has 0 spiro atoms. The lowest BCUT2D eigenvalue weighted by molar-refractivity contribution is -0.889. The number of carbonyl (C=O) groups excluding carboxylic acids is 3. The van der Waals surface area contributed by atoms with Crippen molar-refractivity contribution in [2.75, 3.05) is 41.0 Å². The van der Waals surface area contributed by atoms with Gasteiger partial charge in [0, 0.05) is 19.3 Å². The zero-order valence-electron chi connectivity index (χ0n) is 37.2. The molecule has 2 atom stereocenters. The lowest BCUT2D eigenvalue weighted by Crippen LogP contribution is -2.55. The third-order valence-electron chi connectivity index (χ3n) is 9.89. The minimum Gasteiger partial charge on any atom is -0.544 e. The fourth-order valence-corrected chi connectivity index (χ4v) is 6.35. The number of hydrogen-bond acceptors (Lipinski definition) is 7. The molecule has 57 heavy (non-hydrogen) atoms. The molecule has 0 saturated carbocycles. The van der Waals surface area contributed by atoms with Crippen LogP contribution in [0.2, 0.25) is 0 Å². The van der Waals surface area contributed by atoms with Gasteiger partial charge in [0.05, 0.1) is 40.3 Å². The number of quaternary nitrogens is 1. The molecule has 8 nitrogen and oxygen atoms in total. The normalized spacial score (nSPS) is 13.5. The maximum absolute atomic E-state index is 12.7. The Bertz CT molecular complexity index is 1120. The van der Waals surface area contributed by atoms with Crippen molar-refractivity contribution in [1.29, 1.82) is 0 Å². The van der Waals surface area contributed by atoms with Crippen LogP contribution in [-0.2, 0) is 28.6 Å². The van der Waals surface area contributed by atoms with E-state index < -0.39 is 18.1 Å². The largest absolute Gasteiger partial charge is 0.544 e. The van der Waals surface area contributed by atoms with Crippen molar-refractivity contribution in [1.82, 2.24) is 0 Å². The molecule has 0 heterocycles. The molecule has 0 saturated heterocycles. The maximum atomic E-state index is 12.7. The summed E-state index contributed by atoms with van der Waals surface area (Å²) in [5.41, 5.74) is 0. The predicted octanol–water partition coefficient (Wildman–Crippen LogP) is 11.2. The van der Waals surface area contributed by atoms with E-state index in [1.807, 2.05) is 0 Å². The Balaban J connectivity index is 4.38. The predicted molar refractivity (Wildman–Crippen MR) is 236 cm³/mol. The SMILES string of the molecule is CC/C=C\C/C=C\C/C=C\C/C=C\CCCCC(=O)OC(COCCC(C(=O)[O-])[N+](C)(C)C)COC(=O)CCCCCCCCC/C=C\CCCCCCCCC. The molecule has 0 rings (SSSR count). The number of hydrogen-bond donors (Lipinski definition) is 0. The zero-order chi connectivity index (χ0) is 42.1. The summed E-state index contributed by atoms with van der Waals surface area (Å²) < 4.78 is 17.1. The van der Waals surface area contributed by atoms with Gasteiger partial charge in [-0.3, -0.25) is 9.59 Å². The Labute approximate surface area is 349 Å². The molecule has 0 N–H and O–H groups in total. The van der Waals surface area contributed by atoms with Gasteiger partial charge in [0.15, 0.2) is 6.10 Å². The molecule has 0 bridgehead atoms. The third kappa shape index (κ3) is 38.3. The van der Waals surface area contributed by atoms with Gasteiger partial charge >= 0.3 is 11.9 Å². The highest BCUT2D eigenvalue weighted by atomic mass is 16.6. The number of ether oxygens (including phenoxy) is 3. The summed E-state index contributed by atoms with van der Waals surface area (Å²) in [5, 5.41) is 11.6. The van der Waals surface area contributed by atoms with Crippen LogP contribution in [0.4, 0.5) is 0 Å². The zero-order valence-corrected chi connectivity index (χ0v) is 37.2. The van der Waals surface area contributed by atoms with E-state index in [0.717, 1.165) is 57.8 Å². The van der Waals surface area contributed by atoms with Crippen LogP contribution in [0.25, 0.3) is 0 Å². The van der Waals surface area contributed by atoms with E-state index in [2.05, 4.69) is 74.6 Å². The standard InChI is InChI=1S/C49H85NO7/c1-6-8-10-12-14-16-18-20-22-23-24-26-27-29-31-33-35-37-39-47(51)56-44-45(43-55-42-41-46(49(53)54)50(3,4)5)57-48(52)40-38-36-34-32-30-28-25-21-19-17-15-13-11-9-7-2/h9,11,15,17,21-23,25,30,32,45-46H,6-8,10,12-14,16,18-20,24,26-29,31,33-44H2,1-5H3/b11-9-,17-15-,23-22-,25-21-,32-30-. The minimum absolute atomic E-state index is 0.0207. The summed E-state index contributed by atoms with van der Waals surface area (Å²) in [4.78, 5) is 36.9. The van der Waals surface area contributed by atoms with Crippen molar-refractivity contribution < 1.29 is 38.2 Å². The van der Waals surface area contributed by atoms with E-state index >= 15 is 0 Å². The van der Waals surface area contributed by atoms with Gasteiger partial charge in [0.2, 0.25) is 0 Å². The fraction of sp³-hybridized carbons (Fsp3) is 0.735. The number of allylic oxidation sites excluding steroid dienone is 10. The van der Waals surface area contributed by atoms with Crippen molar-refractivity contribution in [3.63, 3.8) is 0 Å². The summed E-state index contributed by atoms with van der Waals surface area (Å²) in [7, 11) is 5.39. The van der Waals surface area contributed by atoms with E-state index in [-0.39, 0.29) is 49.1 Å². The average molecular weight is 800 g/mol. The lowest BCUT2D eigenvalue weighted by atomic mass is 10.1. The first-order valence-electron chi connectivity index (χ1n) is 22.8. The molecule has 328 valence electrons. The van der Waals surface area contributed by atoms with Crippen molar-refractivity contribution in [3.05, 3.63) is 60.8 Å². The van der Waals surface area contributed by atoms with E-state index in [0.29, 0.717) is 12.8 Å². The number of nitrogens with zero attached hydrogens (tertiary/aromatic N) is 1. The number of aliphatic carboxylic acids is 1. The Morgan fingerprint density at radius 3 is 1.51 bits per heavy atom. The van der Waals surface area contributed by atoms with Crippen LogP contribution in [0.1, 0.15) is 181 Å². The van der Waals surface area contributed by atoms with Crippen LogP contribution in [0, 0.1) is 0 Å². The minimum atomic E-state index is -1.13. The average Bonchev–Trinajstić information content (AvgIpc) is 3.17. The van der Waals surface area contributed by atoms with Gasteiger partial charge in [0.25, 0.3) is 0 Å². The summed E-state index contributed by atoms with van der Waals surface area (Å²) in [6.45, 7) is 4.49. The van der Waals surface area contributed by atoms with E-state index in [4.69, 9.17) is 14.2 Å². The molecule has 0 aromatic carbocycles. The lowest BCUT2D eigenvalue weighted by Gasteiger charge is -2.34. The molecule has 0 aromatic rings. The van der Waals surface area contributed by atoms with Crippen LogP contribution < -0.4 is 5.11 Å². The van der Waals surface area contributed by atoms with Gasteiger partial charge in [-0.05, 0) is 77.0 Å². The van der Waals surface area contributed by atoms with Gasteiger partial charge in [0.1, 0.15) is 12.6 Å². The summed E-state index contributed by atoms with van der Waals surface area (Å²) >= 11 is 0. The molecule has 0 radical (unpaired) electrons. The Kier molecular flexibility index (Phi) is 37.8. The van der Waals surface area contributed by atoms with Crippen molar-refractivity contribution in [2.24, 2.45) is 0 Å². The number of esters is 2. The van der Waals surface area contributed by atoms with Crippen molar-refractivity contribution >= 4 is 17.9 Å². The molecular formula is C49H85NO7. The molecule has 0 aliphatic heterocycles. The molecule has 0 aliphatic carbocycles. The molecule has 0 aliphatic rings. The maximum Gasteiger partial charge on any atom is 0.306 e. The number of unbranched alkanes of at least 4 members (excludes halogenated alkanes) is 16. The number of carboxylic acids is 1. The third-order valence-corrected chi connectivity index (χ3v) is 9.89. The summed E-state index contributed by atoms with van der Waals surface area (Å²) in [6, 6.07) is -0.736. The first-order chi connectivity index (χ1) is 27.6. The smallest absolute Gasteiger partial charge is 0.306 e. The number of carboxylic acid groups (broad SMARTS) is 1. The second-order valence-electron chi connectivity index (χ2n) is 16.3. The first-order valence-corrected chi connectivity index (χ1v) is 22.8. The van der Waals surface area contributed by atoms with Gasteiger partial charge in [-0.15, -0.1) is 0 Å². The van der Waals surface area contributed by atoms with Crippen LogP contribution in [0.5, 0.6) is 0 Å². The first kappa shape index (κ1) is 54.0. The Morgan fingerprint density at radius 1 is 0.544 bits per heavy atom. The van der Waals surface area contributed by atoms with Gasteiger partial charge in [-0.2, -0.15) is 0 Å². The van der Waals surface area contributed by atoms with Crippen LogP contribution in [0.3, 0.4) is 0 Å². The van der Waals surface area contributed by atoms with E-state index in [9.17, 15) is 19.5 Å². The van der Waals surface area contributed by atoms with Gasteiger partial charge < -0.3 is 28.6 Å². The Morgan fingerprint density at radius 2 is 0.982 bits per heavy atom. The molecule has 0 aromatic heterocycles. The molecule has 0 amide bonds. The van der Waals surface area contributed by atoms with Gasteiger partial charge in [-0.25, -0.2) is 0 Å². The second kappa shape index (κ2) is 39.8. The van der Waals surface area contributed by atoms with Crippen molar-refractivity contribution in [2.45, 2.75) is 193 Å². The highest BCUT2D eigenvalue weighted by Gasteiger charge is 2.25. The van der Waals surface area contributed by atoms with Gasteiger partial charge in [-0.1, -0.05) is 145 Å². The highest BCUT2D eigenvalue weighted by Crippen LogP contribution is 2.13. The molecule has 2 unspecified atom stereocenters. The summed E-state index contributed by atoms with van der Waals surface area (Å²) in [5.74, 6) is -1.80.